The Morgan fingerprint density at radius 1 is 1.11 bits per heavy atom. The number of aliphatic imine (C=N–C) groups is 1. The van der Waals surface area contributed by atoms with Crippen LogP contribution >= 0.6 is 22.9 Å². The Labute approximate surface area is 281 Å². The highest BCUT2D eigenvalue weighted by atomic mass is 35.5. The molecule has 47 heavy (non-hydrogen) atoms. The number of aliphatic carboxylic acids is 1. The van der Waals surface area contributed by atoms with Crippen LogP contribution in [0.2, 0.25) is 5.02 Å². The van der Waals surface area contributed by atoms with E-state index < -0.39 is 18.0 Å². The topological polar surface area (TPSA) is 137 Å². The first-order valence-corrected chi connectivity index (χ1v) is 16.5. The molecule has 0 spiro atoms. The number of nitrogens with one attached hydrogen (secondary N) is 1. The van der Waals surface area contributed by atoms with Gasteiger partial charge in [-0.1, -0.05) is 35.9 Å². The first kappa shape index (κ1) is 32.6. The number of anilines is 1. The highest BCUT2D eigenvalue weighted by Gasteiger charge is 2.47. The van der Waals surface area contributed by atoms with Gasteiger partial charge in [-0.05, 0) is 41.8 Å². The molecule has 3 aromatic rings. The van der Waals surface area contributed by atoms with E-state index >= 15 is 0 Å². The van der Waals surface area contributed by atoms with E-state index in [-0.39, 0.29) is 24.5 Å². The molecule has 6 rings (SSSR count). The molecule has 1 aromatic heterocycles. The first-order valence-electron chi connectivity index (χ1n) is 15.2. The number of halogens is 1. The van der Waals surface area contributed by atoms with Gasteiger partial charge in [0, 0.05) is 67.7 Å². The van der Waals surface area contributed by atoms with Crippen molar-refractivity contribution < 1.29 is 29.0 Å². The number of hydrogen-bond donors (Lipinski definition) is 2. The molecule has 14 heteroatoms. The van der Waals surface area contributed by atoms with Crippen LogP contribution in [0.5, 0.6) is 0 Å². The first-order chi connectivity index (χ1) is 22.8. The molecule has 0 bridgehead atoms. The molecular formula is C33H35ClN6O6S. The van der Waals surface area contributed by atoms with Gasteiger partial charge >= 0.3 is 18.0 Å². The summed E-state index contributed by atoms with van der Waals surface area (Å²) in [7, 11) is 3.00. The van der Waals surface area contributed by atoms with Gasteiger partial charge in [0.15, 0.2) is 10.8 Å². The zero-order valence-corrected chi connectivity index (χ0v) is 27.5. The van der Waals surface area contributed by atoms with Crippen molar-refractivity contribution in [2.24, 2.45) is 4.99 Å². The number of carbonyl (C=O) groups is 3. The Kier molecular flexibility index (Phi) is 9.87. The van der Waals surface area contributed by atoms with E-state index in [1.54, 1.807) is 30.3 Å². The van der Waals surface area contributed by atoms with E-state index in [2.05, 4.69) is 15.2 Å². The predicted octanol–water partition coefficient (Wildman–Crippen LogP) is 3.97. The number of nitrogens with zero attached hydrogens (tertiary/aromatic N) is 5. The Bertz CT molecular complexity index is 1680. The number of carboxylic acid groups (broad SMARTS) is 1. The van der Waals surface area contributed by atoms with Crippen LogP contribution in [0, 0.1) is 0 Å². The summed E-state index contributed by atoms with van der Waals surface area (Å²) in [5.41, 5.74) is 3.47. The Morgan fingerprint density at radius 2 is 1.87 bits per heavy atom. The fourth-order valence-electron chi connectivity index (χ4n) is 6.40. The van der Waals surface area contributed by atoms with Crippen molar-refractivity contribution in [3.8, 4) is 0 Å². The number of piperazine rings is 1. The summed E-state index contributed by atoms with van der Waals surface area (Å²) < 4.78 is 11.0. The maximum absolute atomic E-state index is 13.7. The lowest BCUT2D eigenvalue weighted by atomic mass is 9.94. The number of amides is 2. The number of methoxy groups -OCH3 is 2. The van der Waals surface area contributed by atoms with Crippen molar-refractivity contribution in [3.63, 3.8) is 0 Å². The van der Waals surface area contributed by atoms with Crippen LogP contribution in [-0.2, 0) is 25.5 Å². The highest BCUT2D eigenvalue weighted by Crippen LogP contribution is 2.35. The molecule has 0 radical (unpaired) electrons. The van der Waals surface area contributed by atoms with E-state index in [0.29, 0.717) is 66.3 Å². The van der Waals surface area contributed by atoms with Crippen molar-refractivity contribution >= 4 is 52.4 Å². The Balaban J connectivity index is 1.29. The molecule has 4 heterocycles. The Hall–Kier alpha value is -4.30. The molecule has 246 valence electrons. The van der Waals surface area contributed by atoms with E-state index in [4.69, 9.17) is 31.2 Å². The van der Waals surface area contributed by atoms with E-state index in [0.717, 1.165) is 16.8 Å². The average molecular weight is 679 g/mol. The van der Waals surface area contributed by atoms with Crippen LogP contribution in [0.25, 0.3) is 0 Å². The molecule has 0 saturated carbocycles. The molecule has 2 aromatic carbocycles. The van der Waals surface area contributed by atoms with Crippen LogP contribution in [0.4, 0.5) is 10.5 Å². The summed E-state index contributed by atoms with van der Waals surface area (Å²) in [5, 5.41) is 15.6. The number of carbonyl (C=O) groups excluding carboxylic acids is 2. The maximum Gasteiger partial charge on any atom is 0.338 e. The predicted molar refractivity (Wildman–Crippen MR) is 178 cm³/mol. The number of urea groups is 1. The normalized spacial score (nSPS) is 21.4. The number of fused-ring (bicyclic) bond motifs is 1. The molecule has 0 unspecified atom stereocenters. The summed E-state index contributed by atoms with van der Waals surface area (Å²) in [4.78, 5) is 53.4. The van der Waals surface area contributed by atoms with Gasteiger partial charge in [-0.15, -0.1) is 11.3 Å². The quantitative estimate of drug-likeness (QED) is 0.289. The lowest BCUT2D eigenvalue weighted by molar-refractivity contribution is -0.137. The van der Waals surface area contributed by atoms with Crippen LogP contribution in [0.15, 0.2) is 76.4 Å². The molecule has 2 saturated heterocycles. The fourth-order valence-corrected chi connectivity index (χ4v) is 7.11. The Morgan fingerprint density at radius 3 is 2.53 bits per heavy atom. The number of ether oxygens (including phenoxy) is 2. The second-order valence-electron chi connectivity index (χ2n) is 11.5. The minimum absolute atomic E-state index is 0.0486. The summed E-state index contributed by atoms with van der Waals surface area (Å²) >= 11 is 7.64. The second kappa shape index (κ2) is 14.2. The number of hydrogen-bond acceptors (Lipinski definition) is 10. The average Bonchev–Trinajstić information content (AvgIpc) is 3.74. The van der Waals surface area contributed by atoms with Gasteiger partial charge in [-0.3, -0.25) is 19.6 Å². The van der Waals surface area contributed by atoms with Crippen LogP contribution in [0.1, 0.15) is 28.6 Å². The number of benzene rings is 2. The van der Waals surface area contributed by atoms with Crippen molar-refractivity contribution in [1.82, 2.24) is 20.1 Å². The number of thiazole rings is 1. The third-order valence-electron chi connectivity index (χ3n) is 8.71. The molecule has 3 aliphatic heterocycles. The summed E-state index contributed by atoms with van der Waals surface area (Å²) in [6.07, 6.45) is 2.18. The van der Waals surface area contributed by atoms with Gasteiger partial charge in [0.2, 0.25) is 0 Å². The van der Waals surface area contributed by atoms with Gasteiger partial charge in [-0.25, -0.2) is 14.6 Å². The number of aromatic nitrogens is 1. The molecule has 3 aliphatic rings. The summed E-state index contributed by atoms with van der Waals surface area (Å²) in [6.45, 7) is 2.21. The smallest absolute Gasteiger partial charge is 0.338 e. The SMILES string of the molecule is COC[C@@H]1[C@H]2CN(c3ccc(CCC(=O)O)cc3)C(=O)N2CCN1CC1=C(C(=O)OC)[C@H](c2ccc(Cl)cc2)N=C(c2nccs2)N1. The van der Waals surface area contributed by atoms with Crippen LogP contribution in [0.3, 0.4) is 0 Å². The van der Waals surface area contributed by atoms with Gasteiger partial charge in [0.05, 0.1) is 31.4 Å². The number of amidine groups is 1. The minimum Gasteiger partial charge on any atom is -0.481 e. The lowest BCUT2D eigenvalue weighted by Crippen LogP contribution is -2.61. The molecule has 3 atom stereocenters. The van der Waals surface area contributed by atoms with Crippen molar-refractivity contribution in [2.45, 2.75) is 31.0 Å². The van der Waals surface area contributed by atoms with Crippen molar-refractivity contribution in [3.05, 3.63) is 92.5 Å². The molecule has 0 aliphatic carbocycles. The minimum atomic E-state index is -0.848. The monoisotopic (exact) mass is 678 g/mol. The van der Waals surface area contributed by atoms with Crippen LogP contribution in [-0.4, -0.2) is 103 Å². The second-order valence-corrected chi connectivity index (χ2v) is 12.8. The van der Waals surface area contributed by atoms with Gasteiger partial charge in [-0.2, -0.15) is 0 Å². The largest absolute Gasteiger partial charge is 0.481 e. The number of carboxylic acids is 1. The fraction of sp³-hybridized carbons (Fsp3) is 0.364. The molecular weight excluding hydrogens is 644 g/mol. The number of rotatable bonds is 11. The number of aryl methyl sites for hydroxylation is 1. The lowest BCUT2D eigenvalue weighted by Gasteiger charge is -2.44. The maximum atomic E-state index is 13.7. The zero-order chi connectivity index (χ0) is 33.1. The van der Waals surface area contributed by atoms with Gasteiger partial charge in [0.25, 0.3) is 0 Å². The number of esters is 1. The molecule has 12 nitrogen and oxygen atoms in total. The zero-order valence-electron chi connectivity index (χ0n) is 26.0. The summed E-state index contributed by atoms with van der Waals surface area (Å²) in [6, 6.07) is 13.6. The standard InChI is InChI=1S/C33H35ClN6O6S/c1-45-19-26-25-18-40(23-10-3-20(4-11-23)5-12-27(41)42)33(44)39(25)15-14-38(26)17-24-28(32(43)46-2)29(21-6-8-22(34)9-7-21)37-30(36-24)31-35-13-16-47-31/h3-4,6-11,13,16,25-26,29H,5,12,14-15,17-19H2,1-2H3,(H,36,37)(H,41,42)/t25-,26-,29+/m1/s1. The van der Waals surface area contributed by atoms with Crippen LogP contribution < -0.4 is 10.2 Å². The van der Waals surface area contributed by atoms with E-state index in [1.807, 2.05) is 46.7 Å². The van der Waals surface area contributed by atoms with E-state index in [9.17, 15) is 14.4 Å². The van der Waals surface area contributed by atoms with Gasteiger partial charge < -0.3 is 24.8 Å². The highest BCUT2D eigenvalue weighted by molar-refractivity contribution is 7.11. The van der Waals surface area contributed by atoms with Gasteiger partial charge in [0.1, 0.15) is 6.04 Å². The third kappa shape index (κ3) is 6.89. The van der Waals surface area contributed by atoms with Crippen molar-refractivity contribution in [2.75, 3.05) is 51.9 Å². The molecule has 2 fully saturated rings. The van der Waals surface area contributed by atoms with E-state index in [1.165, 1.54) is 18.4 Å². The molecule has 2 amide bonds. The third-order valence-corrected chi connectivity index (χ3v) is 9.75. The summed E-state index contributed by atoms with van der Waals surface area (Å²) in [5.74, 6) is -0.789. The molecule has 2 N–H and O–H groups in total. The van der Waals surface area contributed by atoms with Crippen molar-refractivity contribution in [1.29, 1.82) is 0 Å².